The molecule has 1 fully saturated rings. The van der Waals surface area contributed by atoms with Crippen LogP contribution in [0.1, 0.15) is 32.1 Å². The van der Waals surface area contributed by atoms with Crippen molar-refractivity contribution in [2.24, 2.45) is 0 Å². The van der Waals surface area contributed by atoms with Gasteiger partial charge in [-0.1, -0.05) is 6.08 Å². The number of ether oxygens (including phenoxy) is 1. The zero-order valence-corrected chi connectivity index (χ0v) is 11.4. The van der Waals surface area contributed by atoms with Crippen molar-refractivity contribution in [3.05, 3.63) is 38.7 Å². The first-order chi connectivity index (χ1) is 9.47. The first-order valence-corrected chi connectivity index (χ1v) is 6.41. The largest absolute Gasteiger partial charge is 0.394 e. The van der Waals surface area contributed by atoms with Crippen molar-refractivity contribution in [3.8, 4) is 0 Å². The molecule has 0 amide bonds. The van der Waals surface area contributed by atoms with Gasteiger partial charge in [0.1, 0.15) is 12.3 Å². The number of nitrogens with zero attached hydrogens (tertiary/aromatic N) is 1. The molecule has 3 atom stereocenters. The van der Waals surface area contributed by atoms with Crippen LogP contribution in [0.5, 0.6) is 0 Å². The maximum absolute atomic E-state index is 11.9. The summed E-state index contributed by atoms with van der Waals surface area (Å²) >= 11 is 0. The van der Waals surface area contributed by atoms with Crippen molar-refractivity contribution in [2.45, 2.75) is 38.7 Å². The summed E-state index contributed by atoms with van der Waals surface area (Å²) < 4.78 is 6.66. The summed E-state index contributed by atoms with van der Waals surface area (Å²) in [6, 6.07) is 0. The van der Waals surface area contributed by atoms with Crippen LogP contribution >= 0.6 is 0 Å². The van der Waals surface area contributed by atoms with E-state index in [1.807, 2.05) is 0 Å². The molecule has 110 valence electrons. The molecule has 20 heavy (non-hydrogen) atoms. The molecule has 0 unspecified atom stereocenters. The average Bonchev–Trinajstić information content (AvgIpc) is 2.79. The van der Waals surface area contributed by atoms with E-state index >= 15 is 0 Å². The summed E-state index contributed by atoms with van der Waals surface area (Å²) in [5.74, 6) is 0. The van der Waals surface area contributed by atoms with Gasteiger partial charge in [-0.3, -0.25) is 14.3 Å². The Bertz CT molecular complexity index is 630. The van der Waals surface area contributed by atoms with E-state index in [9.17, 15) is 14.7 Å². The Hall–Kier alpha value is -1.70. The monoisotopic (exact) mass is 282 g/mol. The summed E-state index contributed by atoms with van der Waals surface area (Å²) in [5.41, 5.74) is 0.0486. The fourth-order valence-electron chi connectivity index (χ4n) is 2.19. The second-order valence-corrected chi connectivity index (χ2v) is 4.80. The van der Waals surface area contributed by atoms with Gasteiger partial charge in [-0.2, -0.15) is 0 Å². The van der Waals surface area contributed by atoms with Gasteiger partial charge in [-0.15, -0.1) is 0 Å². The summed E-state index contributed by atoms with van der Waals surface area (Å²) in [4.78, 5) is 25.8. The van der Waals surface area contributed by atoms with Crippen molar-refractivity contribution < 1.29 is 14.9 Å². The third-order valence-electron chi connectivity index (χ3n) is 3.52. The van der Waals surface area contributed by atoms with Gasteiger partial charge < -0.3 is 14.9 Å². The standard InChI is InChI=1S/C13H18N2O5/c1-3-7(2)8-5-15(13(19)14-12(8)18)11-4-9(17)10(6-16)20-11/h3,5,9-11,16-17H,4,6H2,1-2H3,(H,14,18,19)/b7-3-/t9-,10+,11+/m0/s1. The van der Waals surface area contributed by atoms with Gasteiger partial charge in [-0.25, -0.2) is 4.79 Å². The molecule has 7 nitrogen and oxygen atoms in total. The lowest BCUT2D eigenvalue weighted by Gasteiger charge is -2.15. The number of aliphatic hydroxyl groups is 2. The number of rotatable bonds is 3. The van der Waals surface area contributed by atoms with E-state index in [0.717, 1.165) is 5.57 Å². The maximum Gasteiger partial charge on any atom is 0.330 e. The van der Waals surface area contributed by atoms with E-state index in [1.54, 1.807) is 19.9 Å². The van der Waals surface area contributed by atoms with Gasteiger partial charge in [0.2, 0.25) is 0 Å². The average molecular weight is 282 g/mol. The Kier molecular flexibility index (Phi) is 4.22. The number of nitrogens with one attached hydrogen (secondary N) is 1. The highest BCUT2D eigenvalue weighted by Crippen LogP contribution is 2.27. The van der Waals surface area contributed by atoms with Crippen LogP contribution in [-0.2, 0) is 4.74 Å². The van der Waals surface area contributed by atoms with Crippen LogP contribution < -0.4 is 11.2 Å². The molecule has 1 aromatic heterocycles. The number of allylic oxidation sites excluding steroid dienone is 2. The Morgan fingerprint density at radius 3 is 2.85 bits per heavy atom. The van der Waals surface area contributed by atoms with Crippen LogP contribution in [0.25, 0.3) is 5.57 Å². The van der Waals surface area contributed by atoms with Gasteiger partial charge in [0.25, 0.3) is 5.56 Å². The summed E-state index contributed by atoms with van der Waals surface area (Å²) in [6.07, 6.45) is 1.12. The van der Waals surface area contributed by atoms with Crippen LogP contribution in [0.4, 0.5) is 0 Å². The van der Waals surface area contributed by atoms with Crippen LogP contribution in [0.3, 0.4) is 0 Å². The number of aromatic amines is 1. The van der Waals surface area contributed by atoms with Crippen LogP contribution in [-0.4, -0.2) is 38.6 Å². The van der Waals surface area contributed by atoms with E-state index in [4.69, 9.17) is 9.84 Å². The molecule has 0 spiro atoms. The number of H-pyrrole nitrogens is 1. The van der Waals surface area contributed by atoms with Crippen LogP contribution in [0.15, 0.2) is 21.9 Å². The smallest absolute Gasteiger partial charge is 0.330 e. The van der Waals surface area contributed by atoms with Gasteiger partial charge >= 0.3 is 5.69 Å². The van der Waals surface area contributed by atoms with Gasteiger partial charge in [0, 0.05) is 12.6 Å². The van der Waals surface area contributed by atoms with E-state index in [2.05, 4.69) is 4.98 Å². The number of aliphatic hydroxyl groups excluding tert-OH is 2. The minimum atomic E-state index is -0.838. The fourth-order valence-corrected chi connectivity index (χ4v) is 2.19. The second kappa shape index (κ2) is 5.74. The molecule has 1 aliphatic rings. The molecule has 2 heterocycles. The zero-order chi connectivity index (χ0) is 14.9. The second-order valence-electron chi connectivity index (χ2n) is 4.80. The van der Waals surface area contributed by atoms with Gasteiger partial charge in [0.05, 0.1) is 18.3 Å². The molecule has 0 aromatic carbocycles. The highest BCUT2D eigenvalue weighted by atomic mass is 16.5. The quantitative estimate of drug-likeness (QED) is 0.699. The molecular formula is C13H18N2O5. The number of hydrogen-bond donors (Lipinski definition) is 3. The Labute approximate surface area is 115 Å². The molecule has 1 aromatic rings. The lowest BCUT2D eigenvalue weighted by molar-refractivity contribution is -0.0459. The lowest BCUT2D eigenvalue weighted by Crippen LogP contribution is -2.34. The Balaban J connectivity index is 2.43. The van der Waals surface area contributed by atoms with Gasteiger partial charge in [-0.05, 0) is 19.4 Å². The first-order valence-electron chi connectivity index (χ1n) is 6.41. The number of hydrogen-bond acceptors (Lipinski definition) is 5. The third-order valence-corrected chi connectivity index (χ3v) is 3.52. The molecule has 2 rings (SSSR count). The van der Waals surface area contributed by atoms with Gasteiger partial charge in [0.15, 0.2) is 0 Å². The molecule has 0 aliphatic carbocycles. The topological polar surface area (TPSA) is 105 Å². The van der Waals surface area contributed by atoms with Crippen molar-refractivity contribution >= 4 is 5.57 Å². The molecule has 1 saturated heterocycles. The summed E-state index contributed by atoms with van der Waals surface area (Å²) in [5, 5.41) is 18.8. The Morgan fingerprint density at radius 1 is 1.60 bits per heavy atom. The highest BCUT2D eigenvalue weighted by Gasteiger charge is 2.35. The normalized spacial score (nSPS) is 27.0. The number of aromatic nitrogens is 2. The third kappa shape index (κ3) is 2.60. The predicted molar refractivity (Wildman–Crippen MR) is 72.3 cm³/mol. The highest BCUT2D eigenvalue weighted by molar-refractivity contribution is 5.61. The minimum Gasteiger partial charge on any atom is -0.394 e. The van der Waals surface area contributed by atoms with E-state index in [1.165, 1.54) is 10.8 Å². The van der Waals surface area contributed by atoms with Crippen molar-refractivity contribution in [2.75, 3.05) is 6.61 Å². The van der Waals surface area contributed by atoms with Crippen LogP contribution in [0, 0.1) is 0 Å². The van der Waals surface area contributed by atoms with Crippen molar-refractivity contribution in [1.82, 2.24) is 9.55 Å². The SMILES string of the molecule is C/C=C(/C)c1cn([C@H]2C[C@H](O)[C@@H](CO)O2)c(=O)[nH]c1=O. The van der Waals surface area contributed by atoms with Crippen molar-refractivity contribution in [3.63, 3.8) is 0 Å². The first kappa shape index (κ1) is 14.7. The molecule has 0 bridgehead atoms. The van der Waals surface area contributed by atoms with Crippen molar-refractivity contribution in [1.29, 1.82) is 0 Å². The Morgan fingerprint density at radius 2 is 2.30 bits per heavy atom. The fraction of sp³-hybridized carbons (Fsp3) is 0.538. The maximum atomic E-state index is 11.9. The van der Waals surface area contributed by atoms with E-state index in [-0.39, 0.29) is 13.0 Å². The summed E-state index contributed by atoms with van der Waals surface area (Å²) in [6.45, 7) is 3.23. The summed E-state index contributed by atoms with van der Waals surface area (Å²) in [7, 11) is 0. The minimum absolute atomic E-state index is 0.186. The molecule has 3 N–H and O–H groups in total. The molecule has 0 radical (unpaired) electrons. The molecule has 1 aliphatic heterocycles. The molecular weight excluding hydrogens is 264 g/mol. The molecule has 0 saturated carbocycles. The lowest BCUT2D eigenvalue weighted by atomic mass is 10.1. The predicted octanol–water partition coefficient (Wildman–Crippen LogP) is -0.400. The van der Waals surface area contributed by atoms with Crippen LogP contribution in [0.2, 0.25) is 0 Å². The van der Waals surface area contributed by atoms with E-state index in [0.29, 0.717) is 5.56 Å². The molecule has 7 heteroatoms. The van der Waals surface area contributed by atoms with E-state index < -0.39 is 29.7 Å². The zero-order valence-electron chi connectivity index (χ0n) is 11.4.